The average molecular weight is 1360 g/mol. The fraction of sp³-hybridized carbons (Fsp3) is 0.284. The lowest BCUT2D eigenvalue weighted by molar-refractivity contribution is -0.137. The molecule has 510 valence electrons. The first kappa shape index (κ1) is 69.1. The Morgan fingerprint density at radius 1 is 0.410 bits per heavy atom. The molecule has 4 aliphatic heterocycles. The van der Waals surface area contributed by atoms with E-state index in [1.807, 2.05) is 188 Å². The van der Waals surface area contributed by atoms with Crippen LogP contribution in [0.1, 0.15) is 92.4 Å². The van der Waals surface area contributed by atoms with Crippen LogP contribution in [0.3, 0.4) is 0 Å². The molecular weight excluding hydrogens is 1280 g/mol. The van der Waals surface area contributed by atoms with Gasteiger partial charge in [-0.05, 0) is 127 Å². The number of benzene rings is 6. The van der Waals surface area contributed by atoms with Gasteiger partial charge >= 0.3 is 0 Å². The van der Waals surface area contributed by atoms with Gasteiger partial charge in [0.05, 0.1) is 84.8 Å². The molecule has 6 aromatic carbocycles. The number of H-pyrrole nitrogens is 2. The SMILES string of the molecule is C.O=C(Cc1cc2c(Cl)c(-c3ccc(NC(=O)[C@@H]4CCCN4C(=O)Cc4ccccc4)cc3)[nH]c2cn1)[C@@H]1CCCN1C(=O)Cc1ccccc1.O=C(Cc1cc2cc(-c3ccc(NC(=O)[C@@H]4CCCN4C(=O)Cc4ccccc4)cc3)[nH]c2cn1)[C@@H]1CCCN1C(=O)Cc1ccccc1. The summed E-state index contributed by atoms with van der Waals surface area (Å²) in [7, 11) is 0. The van der Waals surface area contributed by atoms with Crippen molar-refractivity contribution in [2.24, 2.45) is 0 Å². The molecule has 10 aromatic rings. The molecule has 0 unspecified atom stereocenters. The molecule has 14 rings (SSSR count). The number of carbonyl (C=O) groups is 8. The van der Waals surface area contributed by atoms with E-state index in [2.05, 4.69) is 30.6 Å². The molecule has 0 aliphatic carbocycles. The number of anilines is 2. The van der Waals surface area contributed by atoms with Crippen LogP contribution in [0.2, 0.25) is 5.02 Å². The van der Waals surface area contributed by atoms with Crippen LogP contribution in [-0.2, 0) is 76.9 Å². The Balaban J connectivity index is 0.000000188. The number of aromatic amines is 2. The van der Waals surface area contributed by atoms with Gasteiger partial charge in [-0.1, -0.05) is 165 Å². The summed E-state index contributed by atoms with van der Waals surface area (Å²) in [6.07, 6.45) is 10.6. The highest BCUT2D eigenvalue weighted by Crippen LogP contribution is 2.36. The quantitative estimate of drug-likeness (QED) is 0.0564. The summed E-state index contributed by atoms with van der Waals surface area (Å²) in [6, 6.07) is 57.3. The van der Waals surface area contributed by atoms with Crippen LogP contribution in [0.5, 0.6) is 0 Å². The van der Waals surface area contributed by atoms with Crippen molar-refractivity contribution in [1.82, 2.24) is 39.5 Å². The smallest absolute Gasteiger partial charge is 0.247 e. The van der Waals surface area contributed by atoms with Gasteiger partial charge in [-0.25, -0.2) is 0 Å². The maximum Gasteiger partial charge on any atom is 0.247 e. The highest BCUT2D eigenvalue weighted by atomic mass is 35.5. The molecule has 4 saturated heterocycles. The van der Waals surface area contributed by atoms with Gasteiger partial charge in [-0.15, -0.1) is 0 Å². The van der Waals surface area contributed by atoms with Gasteiger partial charge in [0.2, 0.25) is 35.4 Å². The second-order valence-corrected chi connectivity index (χ2v) is 26.4. The first-order chi connectivity index (χ1) is 48.2. The number of fused-ring (bicyclic) bond motifs is 2. The van der Waals surface area contributed by atoms with Crippen molar-refractivity contribution < 1.29 is 38.4 Å². The van der Waals surface area contributed by atoms with Crippen LogP contribution < -0.4 is 10.6 Å². The average Bonchev–Trinajstić information content (AvgIpc) is 1.64. The van der Waals surface area contributed by atoms with E-state index < -0.39 is 24.2 Å². The van der Waals surface area contributed by atoms with Crippen LogP contribution in [0.4, 0.5) is 11.4 Å². The molecule has 0 saturated carbocycles. The lowest BCUT2D eigenvalue weighted by atomic mass is 10.0. The number of aromatic nitrogens is 4. The normalized spacial score (nSPS) is 17.2. The predicted molar refractivity (Wildman–Crippen MR) is 389 cm³/mol. The Morgan fingerprint density at radius 2 is 0.770 bits per heavy atom. The van der Waals surface area contributed by atoms with Crippen molar-refractivity contribution in [3.63, 3.8) is 0 Å². The van der Waals surface area contributed by atoms with Crippen LogP contribution in [-0.4, -0.2) is 137 Å². The van der Waals surface area contributed by atoms with Crippen molar-refractivity contribution in [3.8, 4) is 22.5 Å². The molecule has 19 heteroatoms. The minimum absolute atomic E-state index is 0. The van der Waals surface area contributed by atoms with E-state index in [1.165, 1.54) is 0 Å². The van der Waals surface area contributed by atoms with Gasteiger partial charge in [0, 0.05) is 65.4 Å². The number of carbonyl (C=O) groups excluding carboxylic acids is 8. The van der Waals surface area contributed by atoms with E-state index in [-0.39, 0.29) is 86.5 Å². The summed E-state index contributed by atoms with van der Waals surface area (Å²) in [4.78, 5) is 128. The van der Waals surface area contributed by atoms with Crippen molar-refractivity contribution in [3.05, 3.63) is 239 Å². The first-order valence-corrected chi connectivity index (χ1v) is 34.5. The molecule has 4 atom stereocenters. The summed E-state index contributed by atoms with van der Waals surface area (Å²) < 4.78 is 0. The fourth-order valence-electron chi connectivity index (χ4n) is 14.2. The van der Waals surface area contributed by atoms with Gasteiger partial charge in [-0.3, -0.25) is 48.3 Å². The van der Waals surface area contributed by atoms with Gasteiger partial charge in [0.25, 0.3) is 0 Å². The third-order valence-electron chi connectivity index (χ3n) is 19.3. The van der Waals surface area contributed by atoms with E-state index in [4.69, 9.17) is 11.6 Å². The number of nitrogens with zero attached hydrogens (tertiary/aromatic N) is 6. The Kier molecular flexibility index (Phi) is 21.9. The number of hydrogen-bond donors (Lipinski definition) is 4. The van der Waals surface area contributed by atoms with Crippen molar-refractivity contribution in [2.75, 3.05) is 36.8 Å². The third kappa shape index (κ3) is 16.3. The van der Waals surface area contributed by atoms with E-state index in [1.54, 1.807) is 32.0 Å². The van der Waals surface area contributed by atoms with Gasteiger partial charge in [-0.2, -0.15) is 0 Å². The zero-order valence-electron chi connectivity index (χ0n) is 54.9. The Labute approximate surface area is 586 Å². The molecule has 4 aliphatic rings. The van der Waals surface area contributed by atoms with Crippen LogP contribution in [0.25, 0.3) is 44.3 Å². The number of amides is 6. The number of pyridine rings is 2. The number of halogens is 1. The topological polar surface area (TPSA) is 231 Å². The maximum atomic E-state index is 13.4. The summed E-state index contributed by atoms with van der Waals surface area (Å²) in [5.41, 5.74) is 11.2. The van der Waals surface area contributed by atoms with Crippen LogP contribution in [0.15, 0.2) is 200 Å². The summed E-state index contributed by atoms with van der Waals surface area (Å²) in [6.45, 7) is 2.34. The van der Waals surface area contributed by atoms with E-state index in [0.717, 1.165) is 86.6 Å². The minimum atomic E-state index is -0.505. The van der Waals surface area contributed by atoms with Crippen molar-refractivity contribution >= 4 is 91.8 Å². The molecule has 4 aromatic heterocycles. The number of likely N-dealkylation sites (tertiary alicyclic amines) is 4. The third-order valence-corrected chi connectivity index (χ3v) is 19.7. The number of ketones is 2. The van der Waals surface area contributed by atoms with Crippen LogP contribution in [0, 0.1) is 0 Å². The van der Waals surface area contributed by atoms with Gasteiger partial charge in [0.1, 0.15) is 12.1 Å². The molecular formula is C81H81ClN10O8. The van der Waals surface area contributed by atoms with E-state index in [0.29, 0.717) is 91.8 Å². The fourth-order valence-corrected chi connectivity index (χ4v) is 14.5. The van der Waals surface area contributed by atoms with E-state index in [9.17, 15) is 38.4 Å². The Morgan fingerprint density at radius 3 is 1.18 bits per heavy atom. The molecule has 0 spiro atoms. The Hall–Kier alpha value is -10.9. The number of hydrogen-bond acceptors (Lipinski definition) is 10. The lowest BCUT2D eigenvalue weighted by Crippen LogP contribution is -2.43. The van der Waals surface area contributed by atoms with Gasteiger partial charge < -0.3 is 40.2 Å². The summed E-state index contributed by atoms with van der Waals surface area (Å²) in [5, 5.41) is 8.18. The molecule has 0 radical (unpaired) electrons. The first-order valence-electron chi connectivity index (χ1n) is 34.1. The Bertz CT molecular complexity index is 4590. The predicted octanol–water partition coefficient (Wildman–Crippen LogP) is 12.8. The zero-order valence-corrected chi connectivity index (χ0v) is 55.7. The zero-order chi connectivity index (χ0) is 68.4. The lowest BCUT2D eigenvalue weighted by Gasteiger charge is -2.24. The molecule has 6 amide bonds. The standard InChI is InChI=1S/C40H38ClN5O4.C40H39N5O4.CH4/c41-38-31-23-30(24-35(47)33-13-7-19-45(33)36(48)21-26-9-3-1-4-10-26)42-25-32(31)44-39(38)28-15-17-29(18-16-28)43-40(50)34-14-8-20-46(34)37(49)22-27-11-5-2-6-12-27;46-37(35-13-7-19-44(35)38(47)21-27-9-3-1-4-10-27)25-32-23-30-24-33(43-34(30)26-41-32)29-15-17-31(18-16-29)42-40(49)36-14-8-20-45(36)39(48)22-28-11-5-2-6-12-28;/h1-6,9-12,15-18,23,25,33-34,44H,7-8,13-14,19-22,24H2,(H,43,50);1-6,9-12,15-18,23-24,26,35-36,43H,7-8,13-14,19-22,25H2,(H,42,49);1H4/t33-,34-;35-,36-;/m00./s1. The number of nitrogens with one attached hydrogen (secondary N) is 4. The molecule has 18 nitrogen and oxygen atoms in total. The highest BCUT2D eigenvalue weighted by molar-refractivity contribution is 6.38. The van der Waals surface area contributed by atoms with Crippen molar-refractivity contribution in [2.45, 2.75) is 121 Å². The summed E-state index contributed by atoms with van der Waals surface area (Å²) >= 11 is 6.88. The van der Waals surface area contributed by atoms with Gasteiger partial charge in [0.15, 0.2) is 11.6 Å². The number of rotatable bonds is 20. The maximum absolute atomic E-state index is 13.4. The number of Topliss-reactive ketones (excluding diaryl/α,β-unsaturated/α-hetero) is 2. The van der Waals surface area contributed by atoms with Crippen LogP contribution >= 0.6 is 11.6 Å². The molecule has 4 fully saturated rings. The minimum Gasteiger partial charge on any atom is -0.353 e. The van der Waals surface area contributed by atoms with Crippen molar-refractivity contribution in [1.29, 1.82) is 0 Å². The molecule has 8 heterocycles. The highest BCUT2D eigenvalue weighted by Gasteiger charge is 2.38. The second-order valence-electron chi connectivity index (χ2n) is 26.0. The van der Waals surface area contributed by atoms with E-state index >= 15 is 0 Å². The second kappa shape index (κ2) is 31.8. The molecule has 100 heavy (non-hydrogen) atoms. The summed E-state index contributed by atoms with van der Waals surface area (Å²) in [5.74, 6) is -0.512. The molecule has 4 N–H and O–H groups in total. The monoisotopic (exact) mass is 1360 g/mol. The molecule has 0 bridgehead atoms. The largest absolute Gasteiger partial charge is 0.353 e.